The summed E-state index contributed by atoms with van der Waals surface area (Å²) in [6.45, 7) is 0. The number of rotatable bonds is 4. The van der Waals surface area contributed by atoms with Crippen molar-refractivity contribution in [3.8, 4) is 5.75 Å². The zero-order valence-electron chi connectivity index (χ0n) is 11.8. The lowest BCUT2D eigenvalue weighted by Gasteiger charge is -2.09. The average molecular weight is 323 g/mol. The molecule has 2 N–H and O–H groups in total. The Kier molecular flexibility index (Phi) is 4.69. The number of nitrogens with zero attached hydrogens (tertiary/aromatic N) is 1. The Morgan fingerprint density at radius 2 is 1.91 bits per heavy atom. The molecule has 9 heteroatoms. The molecule has 120 valence electrons. The lowest BCUT2D eigenvalue weighted by Crippen LogP contribution is -2.20. The summed E-state index contributed by atoms with van der Waals surface area (Å²) in [4.78, 5) is 22.0. The topological polar surface area (TPSA) is 93.5 Å². The second-order valence-corrected chi connectivity index (χ2v) is 4.35. The quantitative estimate of drug-likeness (QED) is 0.665. The standard InChI is InChI=1S/C14H11F2N3O4/c1-23-13-5-3-9(7-12(13)19(21)22)17-14(20)18-11-6-8(15)2-4-10(11)16/h2-7H,1H3,(H2,17,18,20). The van der Waals surface area contributed by atoms with E-state index >= 15 is 0 Å². The van der Waals surface area contributed by atoms with E-state index < -0.39 is 22.6 Å². The number of hydrogen-bond acceptors (Lipinski definition) is 4. The lowest BCUT2D eigenvalue weighted by atomic mass is 10.2. The maximum atomic E-state index is 13.4. The van der Waals surface area contributed by atoms with E-state index in [-0.39, 0.29) is 22.8 Å². The molecule has 2 rings (SSSR count). The summed E-state index contributed by atoms with van der Waals surface area (Å²) < 4.78 is 31.3. The molecule has 0 spiro atoms. The van der Waals surface area contributed by atoms with Crippen molar-refractivity contribution in [2.24, 2.45) is 0 Å². The van der Waals surface area contributed by atoms with Crippen LogP contribution in [-0.4, -0.2) is 18.1 Å². The number of urea groups is 1. The molecule has 0 bridgehead atoms. The van der Waals surface area contributed by atoms with Crippen LogP contribution in [-0.2, 0) is 0 Å². The summed E-state index contributed by atoms with van der Waals surface area (Å²) in [5, 5.41) is 15.3. The number of carbonyl (C=O) groups is 1. The van der Waals surface area contributed by atoms with Gasteiger partial charge in [0.25, 0.3) is 0 Å². The highest BCUT2D eigenvalue weighted by Crippen LogP contribution is 2.29. The van der Waals surface area contributed by atoms with Crippen molar-refractivity contribution < 1.29 is 23.2 Å². The first-order valence-corrected chi connectivity index (χ1v) is 6.26. The summed E-state index contributed by atoms with van der Waals surface area (Å²) in [7, 11) is 1.27. The second-order valence-electron chi connectivity index (χ2n) is 4.35. The van der Waals surface area contributed by atoms with Gasteiger partial charge in [0.2, 0.25) is 0 Å². The van der Waals surface area contributed by atoms with Crippen molar-refractivity contribution in [3.05, 3.63) is 58.1 Å². The monoisotopic (exact) mass is 323 g/mol. The molecule has 0 radical (unpaired) electrons. The smallest absolute Gasteiger partial charge is 0.323 e. The molecule has 23 heavy (non-hydrogen) atoms. The number of hydrogen-bond donors (Lipinski definition) is 2. The first kappa shape index (κ1) is 16.1. The Labute approximate surface area is 129 Å². The number of nitrogens with one attached hydrogen (secondary N) is 2. The van der Waals surface area contributed by atoms with Gasteiger partial charge in [-0.05, 0) is 24.3 Å². The van der Waals surface area contributed by atoms with E-state index in [9.17, 15) is 23.7 Å². The number of carbonyl (C=O) groups excluding carboxylic acids is 1. The molecule has 7 nitrogen and oxygen atoms in total. The van der Waals surface area contributed by atoms with E-state index in [1.807, 2.05) is 0 Å². The number of nitro groups is 1. The number of halogens is 2. The SMILES string of the molecule is COc1ccc(NC(=O)Nc2cc(F)ccc2F)cc1[N+](=O)[O-]. The van der Waals surface area contributed by atoms with Crippen LogP contribution in [0.2, 0.25) is 0 Å². The van der Waals surface area contributed by atoms with Crippen molar-refractivity contribution in [3.63, 3.8) is 0 Å². The van der Waals surface area contributed by atoms with Gasteiger partial charge in [-0.15, -0.1) is 0 Å². The van der Waals surface area contributed by atoms with Crippen molar-refractivity contribution >= 4 is 23.1 Å². The van der Waals surface area contributed by atoms with Gasteiger partial charge >= 0.3 is 11.7 Å². The normalized spacial score (nSPS) is 10.0. The fourth-order valence-electron chi connectivity index (χ4n) is 1.79. The third-order valence-corrected chi connectivity index (χ3v) is 2.81. The van der Waals surface area contributed by atoms with Gasteiger partial charge < -0.3 is 15.4 Å². The third-order valence-electron chi connectivity index (χ3n) is 2.81. The molecule has 0 heterocycles. The van der Waals surface area contributed by atoms with E-state index in [2.05, 4.69) is 10.6 Å². The predicted octanol–water partition coefficient (Wildman–Crippen LogP) is 3.53. The number of nitro benzene ring substituents is 1. The van der Waals surface area contributed by atoms with Crippen LogP contribution >= 0.6 is 0 Å². The number of amides is 2. The zero-order chi connectivity index (χ0) is 17.0. The van der Waals surface area contributed by atoms with E-state index in [4.69, 9.17) is 4.74 Å². The predicted molar refractivity (Wildman–Crippen MR) is 78.6 cm³/mol. The highest BCUT2D eigenvalue weighted by molar-refractivity contribution is 6.00. The van der Waals surface area contributed by atoms with Crippen LogP contribution in [0.15, 0.2) is 36.4 Å². The molecule has 0 aromatic heterocycles. The fraction of sp³-hybridized carbons (Fsp3) is 0.0714. The van der Waals surface area contributed by atoms with Crippen molar-refractivity contribution in [1.82, 2.24) is 0 Å². The van der Waals surface area contributed by atoms with Crippen molar-refractivity contribution in [2.75, 3.05) is 17.7 Å². The van der Waals surface area contributed by atoms with Crippen LogP contribution in [0, 0.1) is 21.7 Å². The minimum Gasteiger partial charge on any atom is -0.490 e. The molecule has 2 aromatic carbocycles. The summed E-state index contributed by atoms with van der Waals surface area (Å²) >= 11 is 0. The van der Waals surface area contributed by atoms with Gasteiger partial charge in [0, 0.05) is 17.8 Å². The van der Waals surface area contributed by atoms with E-state index in [1.54, 1.807) is 0 Å². The largest absolute Gasteiger partial charge is 0.490 e. The van der Waals surface area contributed by atoms with E-state index in [1.165, 1.54) is 19.2 Å². The lowest BCUT2D eigenvalue weighted by molar-refractivity contribution is -0.385. The number of ether oxygens (including phenoxy) is 1. The molecular formula is C14H11F2N3O4. The molecule has 0 fully saturated rings. The Bertz CT molecular complexity index is 768. The Morgan fingerprint density at radius 1 is 1.17 bits per heavy atom. The Hall–Kier alpha value is -3.23. The van der Waals surface area contributed by atoms with Crippen LogP contribution in [0.4, 0.5) is 30.6 Å². The van der Waals surface area contributed by atoms with Gasteiger partial charge in [0.1, 0.15) is 11.6 Å². The van der Waals surface area contributed by atoms with Gasteiger partial charge in [-0.2, -0.15) is 0 Å². The molecule has 0 aliphatic heterocycles. The number of methoxy groups -OCH3 is 1. The van der Waals surface area contributed by atoms with E-state index in [0.717, 1.165) is 24.3 Å². The third kappa shape index (κ3) is 3.90. The molecule has 2 aromatic rings. The summed E-state index contributed by atoms with van der Waals surface area (Å²) in [5.41, 5.74) is -0.612. The maximum absolute atomic E-state index is 13.4. The maximum Gasteiger partial charge on any atom is 0.323 e. The first-order chi connectivity index (χ1) is 10.9. The van der Waals surface area contributed by atoms with Crippen LogP contribution in [0.5, 0.6) is 5.75 Å². The molecule has 2 amide bonds. The molecule has 0 saturated carbocycles. The second kappa shape index (κ2) is 6.69. The van der Waals surface area contributed by atoms with Crippen molar-refractivity contribution in [2.45, 2.75) is 0 Å². The minimum atomic E-state index is -0.881. The molecule has 0 saturated heterocycles. The van der Waals surface area contributed by atoms with E-state index in [0.29, 0.717) is 0 Å². The minimum absolute atomic E-state index is 0.0251. The van der Waals surface area contributed by atoms with Crippen LogP contribution in [0.1, 0.15) is 0 Å². The van der Waals surface area contributed by atoms with Crippen LogP contribution < -0.4 is 15.4 Å². The first-order valence-electron chi connectivity index (χ1n) is 6.26. The Morgan fingerprint density at radius 3 is 2.57 bits per heavy atom. The van der Waals surface area contributed by atoms with Crippen LogP contribution in [0.3, 0.4) is 0 Å². The highest BCUT2D eigenvalue weighted by atomic mass is 19.1. The Balaban J connectivity index is 2.15. The molecule has 0 aliphatic carbocycles. The summed E-state index contributed by atoms with van der Waals surface area (Å²) in [5.74, 6) is -1.51. The molecule has 0 aliphatic rings. The van der Waals surface area contributed by atoms with Gasteiger partial charge in [-0.1, -0.05) is 0 Å². The molecular weight excluding hydrogens is 312 g/mol. The molecule has 0 atom stereocenters. The number of anilines is 2. The fourth-order valence-corrected chi connectivity index (χ4v) is 1.79. The van der Waals surface area contributed by atoms with Crippen molar-refractivity contribution in [1.29, 1.82) is 0 Å². The summed E-state index contributed by atoms with van der Waals surface area (Å²) in [6, 6.07) is 5.46. The zero-order valence-corrected chi connectivity index (χ0v) is 11.8. The summed E-state index contributed by atoms with van der Waals surface area (Å²) in [6.07, 6.45) is 0. The van der Waals surface area contributed by atoms with Gasteiger partial charge in [0.15, 0.2) is 5.75 Å². The highest BCUT2D eigenvalue weighted by Gasteiger charge is 2.16. The number of benzene rings is 2. The van der Waals surface area contributed by atoms with Gasteiger partial charge in [-0.25, -0.2) is 13.6 Å². The molecule has 0 unspecified atom stereocenters. The van der Waals surface area contributed by atoms with Crippen LogP contribution in [0.25, 0.3) is 0 Å². The average Bonchev–Trinajstić information content (AvgIpc) is 2.50. The van der Waals surface area contributed by atoms with Gasteiger partial charge in [0.05, 0.1) is 17.7 Å². The van der Waals surface area contributed by atoms with Gasteiger partial charge in [-0.3, -0.25) is 10.1 Å².